The van der Waals surface area contributed by atoms with Crippen LogP contribution in [0.2, 0.25) is 0 Å². The molecule has 0 aromatic heterocycles. The fourth-order valence-electron chi connectivity index (χ4n) is 2.91. The van der Waals surface area contributed by atoms with E-state index < -0.39 is 0 Å². The molecule has 4 atom stereocenters. The highest BCUT2D eigenvalue weighted by atomic mass is 16.3. The molecule has 2 fully saturated rings. The monoisotopic (exact) mass is 193 g/mol. The Morgan fingerprint density at radius 3 is 2.93 bits per heavy atom. The summed E-state index contributed by atoms with van der Waals surface area (Å²) < 4.78 is 0. The van der Waals surface area contributed by atoms with E-state index in [4.69, 9.17) is 6.42 Å². The number of hydrogen-bond donors (Lipinski definition) is 2. The van der Waals surface area contributed by atoms with Gasteiger partial charge in [0, 0.05) is 18.5 Å². The number of rotatable bonds is 2. The molecule has 0 spiro atoms. The van der Waals surface area contributed by atoms with Crippen LogP contribution in [0.15, 0.2) is 0 Å². The second-order valence-corrected chi connectivity index (χ2v) is 4.64. The number of aliphatic hydroxyl groups is 1. The Hall–Kier alpha value is -0.520. The summed E-state index contributed by atoms with van der Waals surface area (Å²) in [5.74, 6) is 3.33. The largest absolute Gasteiger partial charge is 0.391 e. The molecule has 2 aliphatic rings. The molecular weight excluding hydrogens is 174 g/mol. The van der Waals surface area contributed by atoms with Crippen LogP contribution in [0.25, 0.3) is 0 Å². The molecule has 1 saturated carbocycles. The average Bonchev–Trinajstić information content (AvgIpc) is 2.61. The first kappa shape index (κ1) is 10.0. The SMILES string of the molecule is C#CCC(O)C1CC2CCCCC2N1. The van der Waals surface area contributed by atoms with E-state index in [0.29, 0.717) is 12.5 Å². The average molecular weight is 193 g/mol. The molecular formula is C12H19NO. The molecule has 1 saturated heterocycles. The third-order valence-electron chi connectivity index (χ3n) is 3.69. The predicted molar refractivity (Wildman–Crippen MR) is 56.7 cm³/mol. The van der Waals surface area contributed by atoms with E-state index in [0.717, 1.165) is 12.3 Å². The molecule has 78 valence electrons. The van der Waals surface area contributed by atoms with E-state index in [1.54, 1.807) is 0 Å². The van der Waals surface area contributed by atoms with Crippen molar-refractivity contribution in [1.82, 2.24) is 5.32 Å². The normalized spacial score (nSPS) is 38.7. The molecule has 0 aromatic rings. The van der Waals surface area contributed by atoms with Crippen LogP contribution < -0.4 is 5.32 Å². The maximum atomic E-state index is 9.79. The van der Waals surface area contributed by atoms with E-state index in [1.807, 2.05) is 0 Å². The van der Waals surface area contributed by atoms with Crippen LogP contribution in [0, 0.1) is 18.3 Å². The minimum atomic E-state index is -0.342. The van der Waals surface area contributed by atoms with Crippen molar-refractivity contribution in [2.24, 2.45) is 5.92 Å². The molecule has 0 radical (unpaired) electrons. The zero-order valence-corrected chi connectivity index (χ0v) is 8.58. The van der Waals surface area contributed by atoms with Crippen molar-refractivity contribution >= 4 is 0 Å². The van der Waals surface area contributed by atoms with Gasteiger partial charge in [0.15, 0.2) is 0 Å². The molecule has 1 aliphatic heterocycles. The Bertz CT molecular complexity index is 219. The van der Waals surface area contributed by atoms with Gasteiger partial charge in [-0.2, -0.15) is 0 Å². The van der Waals surface area contributed by atoms with Gasteiger partial charge in [-0.05, 0) is 25.2 Å². The van der Waals surface area contributed by atoms with Crippen molar-refractivity contribution in [2.45, 2.75) is 56.7 Å². The van der Waals surface area contributed by atoms with Crippen LogP contribution >= 0.6 is 0 Å². The quantitative estimate of drug-likeness (QED) is 0.648. The Labute approximate surface area is 86.1 Å². The van der Waals surface area contributed by atoms with Gasteiger partial charge in [0.1, 0.15) is 0 Å². The van der Waals surface area contributed by atoms with Gasteiger partial charge in [-0.1, -0.05) is 12.8 Å². The maximum Gasteiger partial charge on any atom is 0.0802 e. The number of terminal acetylenes is 1. The van der Waals surface area contributed by atoms with Crippen LogP contribution in [-0.4, -0.2) is 23.3 Å². The number of nitrogens with one attached hydrogen (secondary N) is 1. The van der Waals surface area contributed by atoms with Crippen LogP contribution in [0.4, 0.5) is 0 Å². The van der Waals surface area contributed by atoms with Crippen molar-refractivity contribution in [3.63, 3.8) is 0 Å². The molecule has 1 heterocycles. The number of aliphatic hydroxyl groups excluding tert-OH is 1. The predicted octanol–water partition coefficient (Wildman–Crippen LogP) is 1.29. The van der Waals surface area contributed by atoms with Gasteiger partial charge in [0.05, 0.1) is 6.10 Å². The highest BCUT2D eigenvalue weighted by molar-refractivity contribution is 4.99. The molecule has 2 heteroatoms. The summed E-state index contributed by atoms with van der Waals surface area (Å²) in [5, 5.41) is 13.3. The van der Waals surface area contributed by atoms with Crippen LogP contribution in [0.1, 0.15) is 38.5 Å². The zero-order valence-electron chi connectivity index (χ0n) is 8.58. The second kappa shape index (κ2) is 4.33. The molecule has 4 unspecified atom stereocenters. The summed E-state index contributed by atoms with van der Waals surface area (Å²) >= 11 is 0. The smallest absolute Gasteiger partial charge is 0.0802 e. The molecule has 2 rings (SSSR count). The molecule has 2 N–H and O–H groups in total. The van der Waals surface area contributed by atoms with Crippen LogP contribution in [-0.2, 0) is 0 Å². The summed E-state index contributed by atoms with van der Waals surface area (Å²) in [5.41, 5.74) is 0. The molecule has 14 heavy (non-hydrogen) atoms. The van der Waals surface area contributed by atoms with Crippen LogP contribution in [0.5, 0.6) is 0 Å². The van der Waals surface area contributed by atoms with Gasteiger partial charge in [0.25, 0.3) is 0 Å². The molecule has 0 amide bonds. The fraction of sp³-hybridized carbons (Fsp3) is 0.833. The van der Waals surface area contributed by atoms with Gasteiger partial charge >= 0.3 is 0 Å². The Morgan fingerprint density at radius 2 is 2.21 bits per heavy atom. The summed E-state index contributed by atoms with van der Waals surface area (Å²) in [7, 11) is 0. The van der Waals surface area contributed by atoms with Gasteiger partial charge in [-0.15, -0.1) is 12.3 Å². The van der Waals surface area contributed by atoms with Crippen molar-refractivity contribution in [2.75, 3.05) is 0 Å². The first-order valence-corrected chi connectivity index (χ1v) is 5.69. The van der Waals surface area contributed by atoms with E-state index in [2.05, 4.69) is 11.2 Å². The highest BCUT2D eigenvalue weighted by Crippen LogP contribution is 2.34. The van der Waals surface area contributed by atoms with Crippen molar-refractivity contribution < 1.29 is 5.11 Å². The number of fused-ring (bicyclic) bond motifs is 1. The minimum Gasteiger partial charge on any atom is -0.391 e. The lowest BCUT2D eigenvalue weighted by molar-refractivity contribution is 0.138. The lowest BCUT2D eigenvalue weighted by Crippen LogP contribution is -2.39. The van der Waals surface area contributed by atoms with E-state index in [1.165, 1.54) is 25.7 Å². The number of hydrogen-bond acceptors (Lipinski definition) is 2. The van der Waals surface area contributed by atoms with Crippen LogP contribution in [0.3, 0.4) is 0 Å². The summed E-state index contributed by atoms with van der Waals surface area (Å²) in [6, 6.07) is 0.903. The highest BCUT2D eigenvalue weighted by Gasteiger charge is 2.37. The molecule has 0 bridgehead atoms. The third-order valence-corrected chi connectivity index (χ3v) is 3.69. The second-order valence-electron chi connectivity index (χ2n) is 4.64. The minimum absolute atomic E-state index is 0.249. The van der Waals surface area contributed by atoms with E-state index >= 15 is 0 Å². The van der Waals surface area contributed by atoms with Crippen molar-refractivity contribution in [3.05, 3.63) is 0 Å². The topological polar surface area (TPSA) is 32.3 Å². The maximum absolute atomic E-state index is 9.79. The van der Waals surface area contributed by atoms with E-state index in [-0.39, 0.29) is 12.1 Å². The lowest BCUT2D eigenvalue weighted by atomic mass is 9.84. The van der Waals surface area contributed by atoms with Crippen molar-refractivity contribution in [1.29, 1.82) is 0 Å². The summed E-state index contributed by atoms with van der Waals surface area (Å²) in [6.07, 6.45) is 11.8. The van der Waals surface area contributed by atoms with Gasteiger partial charge in [0.2, 0.25) is 0 Å². The summed E-state index contributed by atoms with van der Waals surface area (Å²) in [4.78, 5) is 0. The van der Waals surface area contributed by atoms with Gasteiger partial charge in [-0.25, -0.2) is 0 Å². The van der Waals surface area contributed by atoms with E-state index in [9.17, 15) is 5.11 Å². The Kier molecular flexibility index (Phi) is 3.10. The lowest BCUT2D eigenvalue weighted by Gasteiger charge is -2.24. The van der Waals surface area contributed by atoms with Gasteiger partial charge < -0.3 is 10.4 Å². The first-order valence-electron chi connectivity index (χ1n) is 5.69. The summed E-state index contributed by atoms with van der Waals surface area (Å²) in [6.45, 7) is 0. The molecule has 2 nitrogen and oxygen atoms in total. The van der Waals surface area contributed by atoms with Crippen molar-refractivity contribution in [3.8, 4) is 12.3 Å². The Morgan fingerprint density at radius 1 is 1.43 bits per heavy atom. The Balaban J connectivity index is 1.89. The third kappa shape index (κ3) is 1.94. The zero-order chi connectivity index (χ0) is 9.97. The fourth-order valence-corrected chi connectivity index (χ4v) is 2.91. The van der Waals surface area contributed by atoms with Gasteiger partial charge in [-0.3, -0.25) is 0 Å². The molecule has 0 aromatic carbocycles. The molecule has 1 aliphatic carbocycles. The standard InChI is InChI=1S/C12H19NO/c1-2-5-12(14)11-8-9-6-3-4-7-10(9)13-11/h1,9-14H,3-8H2. The first-order chi connectivity index (χ1) is 6.81.